The highest BCUT2D eigenvalue weighted by atomic mass is 35.5. The van der Waals surface area contributed by atoms with Gasteiger partial charge in [-0.15, -0.1) is 0 Å². The van der Waals surface area contributed by atoms with Gasteiger partial charge in [0.25, 0.3) is 5.91 Å². The Morgan fingerprint density at radius 3 is 2.70 bits per heavy atom. The minimum Gasteiger partial charge on any atom is -0.372 e. The van der Waals surface area contributed by atoms with Gasteiger partial charge in [0.1, 0.15) is 0 Å². The van der Waals surface area contributed by atoms with Gasteiger partial charge in [-0.3, -0.25) is 9.48 Å². The first-order valence-electron chi connectivity index (χ1n) is 7.73. The van der Waals surface area contributed by atoms with E-state index in [1.807, 2.05) is 43.0 Å². The molecule has 122 valence electrons. The van der Waals surface area contributed by atoms with Crippen LogP contribution in [0.1, 0.15) is 29.8 Å². The summed E-state index contributed by atoms with van der Waals surface area (Å²) in [5, 5.41) is 4.99. The molecule has 0 unspecified atom stereocenters. The molecule has 1 aliphatic heterocycles. The van der Waals surface area contributed by atoms with E-state index in [4.69, 9.17) is 16.3 Å². The molecule has 1 aromatic carbocycles. The van der Waals surface area contributed by atoms with Gasteiger partial charge in [0.05, 0.1) is 30.5 Å². The summed E-state index contributed by atoms with van der Waals surface area (Å²) >= 11 is 6.17. The number of morpholine rings is 1. The molecule has 2 atom stereocenters. The highest BCUT2D eigenvalue weighted by Gasteiger charge is 2.27. The number of hydrogen-bond donors (Lipinski definition) is 0. The predicted octanol–water partition coefficient (Wildman–Crippen LogP) is 2.83. The Labute approximate surface area is 140 Å². The van der Waals surface area contributed by atoms with Gasteiger partial charge in [0.2, 0.25) is 0 Å². The first-order valence-corrected chi connectivity index (χ1v) is 8.11. The highest BCUT2D eigenvalue weighted by Crippen LogP contribution is 2.17. The van der Waals surface area contributed by atoms with E-state index >= 15 is 0 Å². The number of halogens is 1. The molecule has 0 saturated carbocycles. The summed E-state index contributed by atoms with van der Waals surface area (Å²) in [6.07, 6.45) is 3.50. The van der Waals surface area contributed by atoms with Crippen molar-refractivity contribution in [2.75, 3.05) is 13.1 Å². The molecule has 2 aromatic rings. The fourth-order valence-electron chi connectivity index (χ4n) is 2.89. The fraction of sp³-hybridized carbons (Fsp3) is 0.412. The van der Waals surface area contributed by atoms with Gasteiger partial charge < -0.3 is 9.64 Å². The number of nitrogens with zero attached hydrogens (tertiary/aromatic N) is 3. The number of hydrogen-bond acceptors (Lipinski definition) is 3. The SMILES string of the molecule is C[C@@H]1CN(C(=O)c2cnn(Cc3ccccc3Cl)c2)C[C@H](C)O1. The first-order chi connectivity index (χ1) is 11.0. The van der Waals surface area contributed by atoms with Gasteiger partial charge in [-0.1, -0.05) is 29.8 Å². The maximum absolute atomic E-state index is 12.6. The van der Waals surface area contributed by atoms with Crippen LogP contribution in [0.2, 0.25) is 5.02 Å². The van der Waals surface area contributed by atoms with E-state index < -0.39 is 0 Å². The minimum absolute atomic E-state index is 0.00240. The van der Waals surface area contributed by atoms with E-state index in [-0.39, 0.29) is 18.1 Å². The first kappa shape index (κ1) is 16.0. The lowest BCUT2D eigenvalue weighted by molar-refractivity contribution is -0.0586. The van der Waals surface area contributed by atoms with Crippen LogP contribution in [0.4, 0.5) is 0 Å². The van der Waals surface area contributed by atoms with Crippen molar-refractivity contribution in [1.82, 2.24) is 14.7 Å². The monoisotopic (exact) mass is 333 g/mol. The Bertz CT molecular complexity index is 691. The second-order valence-corrected chi connectivity index (χ2v) is 6.39. The maximum atomic E-state index is 12.6. The van der Waals surface area contributed by atoms with Crippen LogP contribution in [-0.2, 0) is 11.3 Å². The van der Waals surface area contributed by atoms with Crippen LogP contribution in [0.5, 0.6) is 0 Å². The number of rotatable bonds is 3. The zero-order chi connectivity index (χ0) is 16.4. The summed E-state index contributed by atoms with van der Waals surface area (Å²) in [5.74, 6) is -0.00240. The number of aromatic nitrogens is 2. The fourth-order valence-corrected chi connectivity index (χ4v) is 3.08. The third-order valence-corrected chi connectivity index (χ3v) is 4.25. The Morgan fingerprint density at radius 1 is 1.30 bits per heavy atom. The van der Waals surface area contributed by atoms with Crippen LogP contribution in [0, 0.1) is 0 Å². The van der Waals surface area contributed by atoms with Crippen LogP contribution in [0.15, 0.2) is 36.7 Å². The number of carbonyl (C=O) groups excluding carboxylic acids is 1. The number of ether oxygens (including phenoxy) is 1. The molecule has 1 aromatic heterocycles. The summed E-state index contributed by atoms with van der Waals surface area (Å²) in [7, 11) is 0. The molecule has 1 saturated heterocycles. The predicted molar refractivity (Wildman–Crippen MR) is 88.7 cm³/mol. The van der Waals surface area contributed by atoms with Crippen LogP contribution < -0.4 is 0 Å². The van der Waals surface area contributed by atoms with Crippen molar-refractivity contribution in [3.8, 4) is 0 Å². The lowest BCUT2D eigenvalue weighted by atomic mass is 10.2. The Morgan fingerprint density at radius 2 is 2.00 bits per heavy atom. The molecule has 23 heavy (non-hydrogen) atoms. The summed E-state index contributed by atoms with van der Waals surface area (Å²) in [4.78, 5) is 14.4. The third-order valence-electron chi connectivity index (χ3n) is 3.88. The van der Waals surface area contributed by atoms with Crippen molar-refractivity contribution >= 4 is 17.5 Å². The van der Waals surface area contributed by atoms with E-state index in [9.17, 15) is 4.79 Å². The van der Waals surface area contributed by atoms with E-state index in [2.05, 4.69) is 5.10 Å². The van der Waals surface area contributed by atoms with E-state index in [0.717, 1.165) is 5.56 Å². The molecule has 1 amide bonds. The minimum atomic E-state index is -0.00240. The second-order valence-electron chi connectivity index (χ2n) is 5.99. The summed E-state index contributed by atoms with van der Waals surface area (Å²) in [6, 6.07) is 7.64. The van der Waals surface area contributed by atoms with Crippen LogP contribution in [0.3, 0.4) is 0 Å². The number of carbonyl (C=O) groups is 1. The summed E-state index contributed by atoms with van der Waals surface area (Å²) in [5.41, 5.74) is 1.57. The van der Waals surface area contributed by atoms with Gasteiger partial charge in [0, 0.05) is 24.3 Å². The van der Waals surface area contributed by atoms with E-state index in [1.165, 1.54) is 0 Å². The number of amides is 1. The van der Waals surface area contributed by atoms with E-state index in [0.29, 0.717) is 30.2 Å². The van der Waals surface area contributed by atoms with Gasteiger partial charge in [-0.05, 0) is 25.5 Å². The molecule has 0 spiro atoms. The average Bonchev–Trinajstić information content (AvgIpc) is 2.96. The van der Waals surface area contributed by atoms with Gasteiger partial charge >= 0.3 is 0 Å². The summed E-state index contributed by atoms with van der Waals surface area (Å²) < 4.78 is 7.41. The third kappa shape index (κ3) is 3.74. The molecule has 0 N–H and O–H groups in total. The topological polar surface area (TPSA) is 47.4 Å². The van der Waals surface area contributed by atoms with Crippen molar-refractivity contribution < 1.29 is 9.53 Å². The second kappa shape index (κ2) is 6.72. The maximum Gasteiger partial charge on any atom is 0.257 e. The van der Waals surface area contributed by atoms with Crippen LogP contribution in [-0.4, -0.2) is 45.9 Å². The standard InChI is InChI=1S/C17H20ClN3O2/c1-12-8-20(9-13(2)23-12)17(22)15-7-19-21(11-15)10-14-5-3-4-6-16(14)18/h3-7,11-13H,8-10H2,1-2H3/t12-,13+. The van der Waals surface area contributed by atoms with Crippen molar-refractivity contribution in [2.24, 2.45) is 0 Å². The molecule has 1 fully saturated rings. The molecule has 5 nitrogen and oxygen atoms in total. The van der Waals surface area contributed by atoms with Crippen molar-refractivity contribution in [2.45, 2.75) is 32.6 Å². The lowest BCUT2D eigenvalue weighted by Crippen LogP contribution is -2.48. The summed E-state index contributed by atoms with van der Waals surface area (Å²) in [6.45, 7) is 5.73. The number of benzene rings is 1. The van der Waals surface area contributed by atoms with Crippen LogP contribution >= 0.6 is 11.6 Å². The Hall–Kier alpha value is -1.85. The van der Waals surface area contributed by atoms with Gasteiger partial charge in [-0.25, -0.2) is 0 Å². The molecule has 0 bridgehead atoms. The van der Waals surface area contributed by atoms with Crippen LogP contribution in [0.25, 0.3) is 0 Å². The van der Waals surface area contributed by atoms with Crippen molar-refractivity contribution in [1.29, 1.82) is 0 Å². The Balaban J connectivity index is 1.71. The molecule has 0 radical (unpaired) electrons. The lowest BCUT2D eigenvalue weighted by Gasteiger charge is -2.35. The Kier molecular flexibility index (Phi) is 4.68. The average molecular weight is 334 g/mol. The van der Waals surface area contributed by atoms with Crippen molar-refractivity contribution in [3.05, 3.63) is 52.8 Å². The van der Waals surface area contributed by atoms with Gasteiger partial charge in [-0.2, -0.15) is 5.10 Å². The molecule has 2 heterocycles. The quantitative estimate of drug-likeness (QED) is 0.867. The smallest absolute Gasteiger partial charge is 0.257 e. The molecule has 0 aliphatic carbocycles. The van der Waals surface area contributed by atoms with E-state index in [1.54, 1.807) is 17.1 Å². The van der Waals surface area contributed by atoms with Crippen molar-refractivity contribution in [3.63, 3.8) is 0 Å². The normalized spacial score (nSPS) is 21.4. The van der Waals surface area contributed by atoms with Gasteiger partial charge in [0.15, 0.2) is 0 Å². The largest absolute Gasteiger partial charge is 0.372 e. The molecular formula is C17H20ClN3O2. The molecule has 3 rings (SSSR count). The molecular weight excluding hydrogens is 314 g/mol. The molecule has 6 heteroatoms. The zero-order valence-corrected chi connectivity index (χ0v) is 14.0. The highest BCUT2D eigenvalue weighted by molar-refractivity contribution is 6.31. The molecule has 1 aliphatic rings. The zero-order valence-electron chi connectivity index (χ0n) is 13.3.